The van der Waals surface area contributed by atoms with Crippen molar-refractivity contribution < 1.29 is 14.0 Å². The highest BCUT2D eigenvalue weighted by Crippen LogP contribution is 2.22. The summed E-state index contributed by atoms with van der Waals surface area (Å²) in [7, 11) is 0. The monoisotopic (exact) mass is 347 g/mol. The Bertz CT molecular complexity index is 605. The number of piperidine rings is 1. The van der Waals surface area contributed by atoms with Gasteiger partial charge >= 0.3 is 0 Å². The van der Waals surface area contributed by atoms with E-state index in [9.17, 15) is 14.0 Å². The molecule has 2 fully saturated rings. The van der Waals surface area contributed by atoms with Gasteiger partial charge in [0, 0.05) is 26.2 Å². The zero-order chi connectivity index (χ0) is 17.6. The molecule has 2 amide bonds. The van der Waals surface area contributed by atoms with Crippen LogP contribution >= 0.6 is 0 Å². The van der Waals surface area contributed by atoms with Crippen molar-refractivity contribution in [2.75, 3.05) is 39.3 Å². The number of hydrogen-bond acceptors (Lipinski definition) is 3. The third kappa shape index (κ3) is 5.26. The Kier molecular flexibility index (Phi) is 6.02. The van der Waals surface area contributed by atoms with Crippen LogP contribution < -0.4 is 5.32 Å². The number of hydrogen-bond donors (Lipinski definition) is 1. The largest absolute Gasteiger partial charge is 0.354 e. The van der Waals surface area contributed by atoms with E-state index in [0.29, 0.717) is 25.6 Å². The first-order valence-electron chi connectivity index (χ1n) is 9.11. The number of aryl methyl sites for hydroxylation is 1. The topological polar surface area (TPSA) is 52.7 Å². The van der Waals surface area contributed by atoms with E-state index < -0.39 is 0 Å². The van der Waals surface area contributed by atoms with Gasteiger partial charge in [-0.1, -0.05) is 12.1 Å². The zero-order valence-electron chi connectivity index (χ0n) is 14.5. The average Bonchev–Trinajstić information content (AvgIpc) is 2.61. The van der Waals surface area contributed by atoms with Crippen molar-refractivity contribution in [3.63, 3.8) is 0 Å². The number of piperazine rings is 1. The molecule has 1 atom stereocenters. The normalized spacial score (nSPS) is 21.9. The molecule has 25 heavy (non-hydrogen) atoms. The maximum Gasteiger partial charge on any atom is 0.236 e. The van der Waals surface area contributed by atoms with Gasteiger partial charge in [0.1, 0.15) is 5.82 Å². The molecule has 1 aromatic carbocycles. The van der Waals surface area contributed by atoms with E-state index in [-0.39, 0.29) is 17.6 Å². The van der Waals surface area contributed by atoms with E-state index >= 15 is 0 Å². The lowest BCUT2D eigenvalue weighted by Crippen LogP contribution is -2.52. The van der Waals surface area contributed by atoms with Crippen LogP contribution in [0.2, 0.25) is 0 Å². The molecule has 1 aromatic rings. The van der Waals surface area contributed by atoms with Gasteiger partial charge in [0.25, 0.3) is 0 Å². The Morgan fingerprint density at radius 2 is 2.04 bits per heavy atom. The molecule has 0 aromatic heterocycles. The summed E-state index contributed by atoms with van der Waals surface area (Å²) in [6, 6.07) is 6.67. The second-order valence-corrected chi connectivity index (χ2v) is 7.07. The summed E-state index contributed by atoms with van der Waals surface area (Å²) >= 11 is 0. The van der Waals surface area contributed by atoms with E-state index in [2.05, 4.69) is 5.32 Å². The van der Waals surface area contributed by atoms with E-state index in [0.717, 1.165) is 50.9 Å². The van der Waals surface area contributed by atoms with Gasteiger partial charge < -0.3 is 10.2 Å². The van der Waals surface area contributed by atoms with E-state index in [1.807, 2.05) is 21.9 Å². The fourth-order valence-electron chi connectivity index (χ4n) is 3.67. The van der Waals surface area contributed by atoms with Gasteiger partial charge in [-0.2, -0.15) is 0 Å². The molecular formula is C19H26FN3O2. The molecule has 2 aliphatic heterocycles. The first-order chi connectivity index (χ1) is 12.1. The van der Waals surface area contributed by atoms with Crippen molar-refractivity contribution in [1.29, 1.82) is 0 Å². The third-order valence-electron chi connectivity index (χ3n) is 5.10. The van der Waals surface area contributed by atoms with Gasteiger partial charge in [-0.25, -0.2) is 4.39 Å². The standard InChI is InChI=1S/C19H26FN3O2/c20-17-7-5-15(6-8-17)3-4-16-2-1-10-23(12-16)19(25)14-22-11-9-21-18(24)13-22/h5-8,16H,1-4,9-14H2,(H,21,24)/t16-/m1/s1. The maximum absolute atomic E-state index is 13.0. The average molecular weight is 347 g/mol. The van der Waals surface area contributed by atoms with Crippen LogP contribution in [0.5, 0.6) is 0 Å². The van der Waals surface area contributed by atoms with Gasteiger partial charge in [-0.3, -0.25) is 14.5 Å². The SMILES string of the molecule is O=C1CN(CC(=O)N2CCC[C@H](CCc3ccc(F)cc3)C2)CCN1. The van der Waals surface area contributed by atoms with Crippen LogP contribution in [0.3, 0.4) is 0 Å². The Balaban J connectivity index is 1.46. The predicted molar refractivity (Wildman–Crippen MR) is 93.5 cm³/mol. The van der Waals surface area contributed by atoms with Gasteiger partial charge in [-0.05, 0) is 49.3 Å². The number of amides is 2. The summed E-state index contributed by atoms with van der Waals surface area (Å²) in [5.74, 6) is 0.410. The van der Waals surface area contributed by atoms with Crippen LogP contribution in [-0.2, 0) is 16.0 Å². The Morgan fingerprint density at radius 3 is 2.80 bits per heavy atom. The Hall–Kier alpha value is -1.95. The molecule has 3 rings (SSSR count). The number of carbonyl (C=O) groups excluding carboxylic acids is 2. The lowest BCUT2D eigenvalue weighted by Gasteiger charge is -2.35. The minimum Gasteiger partial charge on any atom is -0.354 e. The molecule has 2 heterocycles. The van der Waals surface area contributed by atoms with Crippen LogP contribution in [0.4, 0.5) is 4.39 Å². The highest BCUT2D eigenvalue weighted by molar-refractivity contribution is 5.81. The molecule has 2 aliphatic rings. The number of halogens is 1. The second-order valence-electron chi connectivity index (χ2n) is 7.07. The zero-order valence-corrected chi connectivity index (χ0v) is 14.5. The molecule has 0 bridgehead atoms. The van der Waals surface area contributed by atoms with Crippen molar-refractivity contribution in [1.82, 2.24) is 15.1 Å². The van der Waals surface area contributed by atoms with E-state index in [1.165, 1.54) is 12.1 Å². The third-order valence-corrected chi connectivity index (χ3v) is 5.10. The van der Waals surface area contributed by atoms with Crippen LogP contribution in [0, 0.1) is 11.7 Å². The molecule has 0 saturated carbocycles. The van der Waals surface area contributed by atoms with Gasteiger partial charge in [0.15, 0.2) is 0 Å². The van der Waals surface area contributed by atoms with Crippen molar-refractivity contribution in [3.05, 3.63) is 35.6 Å². The molecule has 0 spiro atoms. The Morgan fingerprint density at radius 1 is 1.24 bits per heavy atom. The van der Waals surface area contributed by atoms with Gasteiger partial charge in [0.05, 0.1) is 13.1 Å². The van der Waals surface area contributed by atoms with Crippen molar-refractivity contribution in [2.24, 2.45) is 5.92 Å². The van der Waals surface area contributed by atoms with Crippen molar-refractivity contribution >= 4 is 11.8 Å². The highest BCUT2D eigenvalue weighted by atomic mass is 19.1. The molecule has 136 valence electrons. The lowest BCUT2D eigenvalue weighted by molar-refractivity contribution is -0.135. The molecule has 0 radical (unpaired) electrons. The molecule has 5 nitrogen and oxygen atoms in total. The molecular weight excluding hydrogens is 321 g/mol. The minimum atomic E-state index is -0.204. The number of rotatable bonds is 5. The number of carbonyl (C=O) groups is 2. The minimum absolute atomic E-state index is 0.00475. The summed E-state index contributed by atoms with van der Waals surface area (Å²) in [6.07, 6.45) is 4.10. The summed E-state index contributed by atoms with van der Waals surface area (Å²) < 4.78 is 13.0. The number of nitrogens with zero attached hydrogens (tertiary/aromatic N) is 2. The molecule has 6 heteroatoms. The summed E-state index contributed by atoms with van der Waals surface area (Å²) in [5.41, 5.74) is 1.14. The fraction of sp³-hybridized carbons (Fsp3) is 0.579. The second kappa shape index (κ2) is 8.43. The summed E-state index contributed by atoms with van der Waals surface area (Å²) in [5, 5.41) is 2.78. The van der Waals surface area contributed by atoms with Crippen LogP contribution in [-0.4, -0.2) is 60.9 Å². The lowest BCUT2D eigenvalue weighted by atomic mass is 9.91. The predicted octanol–water partition coefficient (Wildman–Crippen LogP) is 1.43. The van der Waals surface area contributed by atoms with Crippen molar-refractivity contribution in [2.45, 2.75) is 25.7 Å². The van der Waals surface area contributed by atoms with E-state index in [1.54, 1.807) is 0 Å². The fourth-order valence-corrected chi connectivity index (χ4v) is 3.67. The quantitative estimate of drug-likeness (QED) is 0.877. The molecule has 0 unspecified atom stereocenters. The number of likely N-dealkylation sites (tertiary alicyclic amines) is 1. The molecule has 2 saturated heterocycles. The molecule has 0 aliphatic carbocycles. The summed E-state index contributed by atoms with van der Waals surface area (Å²) in [6.45, 7) is 3.60. The van der Waals surface area contributed by atoms with Crippen LogP contribution in [0.1, 0.15) is 24.8 Å². The molecule has 1 N–H and O–H groups in total. The highest BCUT2D eigenvalue weighted by Gasteiger charge is 2.26. The van der Waals surface area contributed by atoms with E-state index in [4.69, 9.17) is 0 Å². The first-order valence-corrected chi connectivity index (χ1v) is 9.11. The van der Waals surface area contributed by atoms with Gasteiger partial charge in [-0.15, -0.1) is 0 Å². The van der Waals surface area contributed by atoms with Crippen LogP contribution in [0.15, 0.2) is 24.3 Å². The first kappa shape index (κ1) is 17.9. The summed E-state index contributed by atoms with van der Waals surface area (Å²) in [4.78, 5) is 27.8. The smallest absolute Gasteiger partial charge is 0.236 e. The van der Waals surface area contributed by atoms with Crippen molar-refractivity contribution in [3.8, 4) is 0 Å². The van der Waals surface area contributed by atoms with Crippen LogP contribution in [0.25, 0.3) is 0 Å². The maximum atomic E-state index is 13.0. The van der Waals surface area contributed by atoms with Gasteiger partial charge in [0.2, 0.25) is 11.8 Å². The Labute approximate surface area is 148 Å². The number of nitrogens with one attached hydrogen (secondary N) is 1. The number of benzene rings is 1.